The third-order valence-electron chi connectivity index (χ3n) is 5.80. The van der Waals surface area contributed by atoms with Crippen LogP contribution in [0.2, 0.25) is 0 Å². The largest absolute Gasteiger partial charge is 0.497 e. The van der Waals surface area contributed by atoms with Crippen molar-refractivity contribution in [3.63, 3.8) is 0 Å². The number of aromatic nitrogens is 2. The molecular weight excluding hydrogens is 384 g/mol. The fraction of sp³-hybridized carbons (Fsp3) is 0.296. The zero-order chi connectivity index (χ0) is 21.6. The molecule has 3 aromatic carbocycles. The predicted molar refractivity (Wildman–Crippen MR) is 127 cm³/mol. The minimum Gasteiger partial charge on any atom is -0.497 e. The van der Waals surface area contributed by atoms with Crippen LogP contribution in [0.1, 0.15) is 36.6 Å². The second-order valence-electron chi connectivity index (χ2n) is 8.07. The Kier molecular flexibility index (Phi) is 6.56. The molecule has 1 aromatic heterocycles. The smallest absolute Gasteiger partial charge is 0.328 e. The summed E-state index contributed by atoms with van der Waals surface area (Å²) in [6, 6.07) is 23.0. The van der Waals surface area contributed by atoms with Crippen LogP contribution in [0.3, 0.4) is 0 Å². The van der Waals surface area contributed by atoms with Crippen LogP contribution in [0.15, 0.2) is 77.7 Å². The number of imidazole rings is 1. The van der Waals surface area contributed by atoms with E-state index < -0.39 is 0 Å². The van der Waals surface area contributed by atoms with Crippen LogP contribution < -0.4 is 10.4 Å². The fourth-order valence-electron chi connectivity index (χ4n) is 4.16. The molecule has 0 atom stereocenters. The van der Waals surface area contributed by atoms with Crippen LogP contribution in [-0.2, 0) is 25.9 Å². The van der Waals surface area contributed by atoms with Gasteiger partial charge in [0.25, 0.3) is 0 Å². The van der Waals surface area contributed by atoms with Crippen molar-refractivity contribution in [2.75, 3.05) is 7.11 Å². The van der Waals surface area contributed by atoms with E-state index in [1.165, 1.54) is 16.3 Å². The summed E-state index contributed by atoms with van der Waals surface area (Å²) >= 11 is 0. The molecule has 160 valence electrons. The minimum atomic E-state index is 0.0921. The Balaban J connectivity index is 1.49. The van der Waals surface area contributed by atoms with Crippen molar-refractivity contribution in [3.05, 3.63) is 100 Å². The van der Waals surface area contributed by atoms with Gasteiger partial charge in [-0.3, -0.25) is 9.13 Å². The van der Waals surface area contributed by atoms with Gasteiger partial charge >= 0.3 is 5.69 Å². The normalized spacial score (nSPS) is 11.2. The molecule has 0 unspecified atom stereocenters. The zero-order valence-electron chi connectivity index (χ0n) is 18.4. The Morgan fingerprint density at radius 1 is 0.871 bits per heavy atom. The molecular formula is C27H30N2O2. The Bertz CT molecular complexity index is 1200. The van der Waals surface area contributed by atoms with E-state index in [1.807, 2.05) is 21.3 Å². The Hall–Kier alpha value is -3.27. The van der Waals surface area contributed by atoms with E-state index in [9.17, 15) is 4.79 Å². The molecule has 4 aromatic rings. The average molecular weight is 415 g/mol. The minimum absolute atomic E-state index is 0.0921. The first kappa shape index (κ1) is 21.0. The van der Waals surface area contributed by atoms with E-state index in [0.717, 1.165) is 49.2 Å². The third-order valence-corrected chi connectivity index (χ3v) is 5.80. The fourth-order valence-corrected chi connectivity index (χ4v) is 4.16. The van der Waals surface area contributed by atoms with Crippen LogP contribution in [-0.4, -0.2) is 16.2 Å². The molecule has 0 spiro atoms. The van der Waals surface area contributed by atoms with Gasteiger partial charge in [-0.1, -0.05) is 55.5 Å². The molecule has 0 saturated carbocycles. The van der Waals surface area contributed by atoms with E-state index in [0.29, 0.717) is 6.54 Å². The number of nitrogens with zero attached hydrogens (tertiary/aromatic N) is 2. The quantitative estimate of drug-likeness (QED) is 0.365. The number of hydrogen-bond donors (Lipinski definition) is 0. The maximum absolute atomic E-state index is 13.1. The first-order valence-electron chi connectivity index (χ1n) is 11.1. The van der Waals surface area contributed by atoms with Gasteiger partial charge in [0.05, 0.1) is 13.7 Å². The molecule has 31 heavy (non-hydrogen) atoms. The highest BCUT2D eigenvalue weighted by molar-refractivity contribution is 5.82. The van der Waals surface area contributed by atoms with Crippen LogP contribution in [0.5, 0.6) is 5.75 Å². The van der Waals surface area contributed by atoms with Crippen molar-refractivity contribution in [3.8, 4) is 5.75 Å². The van der Waals surface area contributed by atoms with Crippen molar-refractivity contribution in [2.24, 2.45) is 0 Å². The van der Waals surface area contributed by atoms with E-state index in [4.69, 9.17) is 4.74 Å². The van der Waals surface area contributed by atoms with Crippen LogP contribution in [0, 0.1) is 0 Å². The zero-order valence-corrected chi connectivity index (χ0v) is 18.4. The lowest BCUT2D eigenvalue weighted by Gasteiger charge is -2.06. The number of benzene rings is 3. The molecule has 1 heterocycles. The summed E-state index contributed by atoms with van der Waals surface area (Å²) in [6.07, 6.45) is 5.90. The van der Waals surface area contributed by atoms with Crippen LogP contribution >= 0.6 is 0 Å². The van der Waals surface area contributed by atoms with E-state index in [-0.39, 0.29) is 5.69 Å². The molecule has 4 nitrogen and oxygen atoms in total. The molecule has 0 aliphatic heterocycles. The summed E-state index contributed by atoms with van der Waals surface area (Å²) in [5.74, 6) is 0.881. The highest BCUT2D eigenvalue weighted by Gasteiger charge is 2.11. The molecule has 4 rings (SSSR count). The standard InChI is InChI=1S/C27H30N2O2/c1-3-17-29-25(10-6-7-21-12-15-26(31-2)16-13-21)20-28(27(29)30)19-22-11-14-23-8-4-5-9-24(23)18-22/h4-5,8-9,11-16,18,20H,3,6-7,10,17,19H2,1-2H3. The van der Waals surface area contributed by atoms with Gasteiger partial charge < -0.3 is 4.74 Å². The van der Waals surface area contributed by atoms with E-state index in [1.54, 1.807) is 7.11 Å². The molecule has 4 heteroatoms. The lowest BCUT2D eigenvalue weighted by Crippen LogP contribution is -2.25. The van der Waals surface area contributed by atoms with Crippen molar-refractivity contribution < 1.29 is 4.74 Å². The van der Waals surface area contributed by atoms with Gasteiger partial charge in [0.15, 0.2) is 0 Å². The monoisotopic (exact) mass is 414 g/mol. The number of fused-ring (bicyclic) bond motifs is 1. The van der Waals surface area contributed by atoms with E-state index in [2.05, 4.69) is 67.7 Å². The first-order valence-corrected chi connectivity index (χ1v) is 11.1. The number of methoxy groups -OCH3 is 1. The predicted octanol–water partition coefficient (Wildman–Crippen LogP) is 5.45. The SMILES string of the molecule is CCCn1c(CCCc2ccc(OC)cc2)cn(Cc2ccc3ccccc3c2)c1=O. The first-order chi connectivity index (χ1) is 15.2. The van der Waals surface area contributed by atoms with Crippen molar-refractivity contribution in [2.45, 2.75) is 45.7 Å². The maximum atomic E-state index is 13.1. The summed E-state index contributed by atoms with van der Waals surface area (Å²) in [5, 5.41) is 2.43. The van der Waals surface area contributed by atoms with Gasteiger partial charge in [-0.15, -0.1) is 0 Å². The van der Waals surface area contributed by atoms with Crippen molar-refractivity contribution >= 4 is 10.8 Å². The highest BCUT2D eigenvalue weighted by atomic mass is 16.5. The van der Waals surface area contributed by atoms with Crippen LogP contribution in [0.25, 0.3) is 10.8 Å². The van der Waals surface area contributed by atoms with Crippen molar-refractivity contribution in [1.82, 2.24) is 9.13 Å². The number of aryl methyl sites for hydroxylation is 2. The average Bonchev–Trinajstić information content (AvgIpc) is 3.09. The van der Waals surface area contributed by atoms with Crippen molar-refractivity contribution in [1.29, 1.82) is 0 Å². The lowest BCUT2D eigenvalue weighted by molar-refractivity contribution is 0.414. The van der Waals surface area contributed by atoms with Gasteiger partial charge in [0.1, 0.15) is 5.75 Å². The van der Waals surface area contributed by atoms with E-state index >= 15 is 0 Å². The molecule has 0 bridgehead atoms. The van der Waals surface area contributed by atoms with Gasteiger partial charge in [-0.2, -0.15) is 0 Å². The summed E-state index contributed by atoms with van der Waals surface area (Å²) < 4.78 is 9.05. The summed E-state index contributed by atoms with van der Waals surface area (Å²) in [4.78, 5) is 13.1. The lowest BCUT2D eigenvalue weighted by atomic mass is 10.1. The number of hydrogen-bond acceptors (Lipinski definition) is 2. The summed E-state index contributed by atoms with van der Waals surface area (Å²) in [5.41, 5.74) is 3.66. The Morgan fingerprint density at radius 3 is 2.35 bits per heavy atom. The third kappa shape index (κ3) is 4.91. The molecule has 0 radical (unpaired) electrons. The second-order valence-corrected chi connectivity index (χ2v) is 8.07. The number of rotatable bonds is 9. The molecule has 0 fully saturated rings. The molecule has 0 amide bonds. The van der Waals surface area contributed by atoms with Crippen LogP contribution in [0.4, 0.5) is 0 Å². The Morgan fingerprint density at radius 2 is 1.61 bits per heavy atom. The molecule has 0 N–H and O–H groups in total. The second kappa shape index (κ2) is 9.69. The summed E-state index contributed by atoms with van der Waals surface area (Å²) in [7, 11) is 1.69. The molecule has 0 saturated heterocycles. The molecule has 0 aliphatic carbocycles. The topological polar surface area (TPSA) is 36.2 Å². The summed E-state index contributed by atoms with van der Waals surface area (Å²) in [6.45, 7) is 3.49. The number of ether oxygens (including phenoxy) is 1. The Labute approximate surface area is 183 Å². The van der Waals surface area contributed by atoms with Gasteiger partial charge in [-0.05, 0) is 65.8 Å². The van der Waals surface area contributed by atoms with Gasteiger partial charge in [0, 0.05) is 18.4 Å². The highest BCUT2D eigenvalue weighted by Crippen LogP contribution is 2.17. The maximum Gasteiger partial charge on any atom is 0.328 e. The van der Waals surface area contributed by atoms with Gasteiger partial charge in [0.2, 0.25) is 0 Å². The van der Waals surface area contributed by atoms with Gasteiger partial charge in [-0.25, -0.2) is 4.79 Å². The molecule has 0 aliphatic rings.